The molecule has 3 atom stereocenters. The zero-order valence-corrected chi connectivity index (χ0v) is 25.1. The summed E-state index contributed by atoms with van der Waals surface area (Å²) in [6, 6.07) is 9.66. The van der Waals surface area contributed by atoms with Crippen molar-refractivity contribution in [3.8, 4) is 0 Å². The molecule has 12 heteroatoms. The molecule has 2 heterocycles. The van der Waals surface area contributed by atoms with Crippen LogP contribution >= 0.6 is 0 Å². The van der Waals surface area contributed by atoms with E-state index in [-0.39, 0.29) is 19.1 Å². The van der Waals surface area contributed by atoms with Crippen LogP contribution in [0, 0.1) is 0 Å². The second-order valence-corrected chi connectivity index (χ2v) is 12.3. The molecule has 0 radical (unpaired) electrons. The molecule has 0 saturated carbocycles. The molecule has 0 aliphatic carbocycles. The molecule has 2 unspecified atom stereocenters. The van der Waals surface area contributed by atoms with Crippen molar-refractivity contribution in [2.75, 3.05) is 26.2 Å². The van der Waals surface area contributed by atoms with Crippen LogP contribution in [0.15, 0.2) is 35.3 Å². The maximum absolute atomic E-state index is 13.5. The van der Waals surface area contributed by atoms with Gasteiger partial charge in [0, 0.05) is 13.1 Å². The number of aliphatic hydroxyl groups is 1. The Kier molecular flexibility index (Phi) is 10.6. The highest BCUT2D eigenvalue weighted by molar-refractivity contribution is 5.89. The van der Waals surface area contributed by atoms with Gasteiger partial charge in [-0.2, -0.15) is 5.01 Å². The van der Waals surface area contributed by atoms with Gasteiger partial charge in [0.2, 0.25) is 5.91 Å². The molecule has 1 aromatic rings. The van der Waals surface area contributed by atoms with E-state index in [1.54, 1.807) is 41.0 Å². The minimum Gasteiger partial charge on any atom is -0.448 e. The normalized spacial score (nSPS) is 21.7. The number of β-amino-alcohol motifs (C(OH)–C–C–N with tert-alkyl or cyclic N) is 1. The zero-order valence-electron chi connectivity index (χ0n) is 25.1. The Morgan fingerprint density at radius 2 is 1.90 bits per heavy atom. The molecular formula is C29H46N6O6. The van der Waals surface area contributed by atoms with Crippen LogP contribution in [0.1, 0.15) is 66.4 Å². The Morgan fingerprint density at radius 3 is 2.54 bits per heavy atom. The van der Waals surface area contributed by atoms with Crippen molar-refractivity contribution in [2.45, 2.75) is 96.2 Å². The number of likely N-dealkylation sites (tertiary alicyclic amines) is 1. The average molecular weight is 575 g/mol. The maximum atomic E-state index is 13.5. The first-order valence-corrected chi connectivity index (χ1v) is 14.2. The fourth-order valence-corrected chi connectivity index (χ4v) is 4.81. The van der Waals surface area contributed by atoms with Gasteiger partial charge in [0.1, 0.15) is 23.4 Å². The van der Waals surface area contributed by atoms with Crippen LogP contribution in [-0.2, 0) is 20.7 Å². The average Bonchev–Trinajstić information content (AvgIpc) is 3.48. The van der Waals surface area contributed by atoms with Crippen molar-refractivity contribution in [3.05, 3.63) is 35.9 Å². The summed E-state index contributed by atoms with van der Waals surface area (Å²) in [5, 5.41) is 17.3. The number of ether oxygens (including phenoxy) is 2. The highest BCUT2D eigenvalue weighted by Crippen LogP contribution is 2.27. The van der Waals surface area contributed by atoms with E-state index in [9.17, 15) is 19.5 Å². The van der Waals surface area contributed by atoms with Crippen LogP contribution < -0.4 is 16.1 Å². The fraction of sp³-hybridized carbons (Fsp3) is 0.655. The van der Waals surface area contributed by atoms with Gasteiger partial charge in [0.25, 0.3) is 0 Å². The van der Waals surface area contributed by atoms with Crippen LogP contribution in [0.5, 0.6) is 0 Å². The van der Waals surface area contributed by atoms with Crippen molar-refractivity contribution >= 4 is 24.4 Å². The number of nitrogens with one attached hydrogen (secondary N) is 3. The van der Waals surface area contributed by atoms with Crippen LogP contribution in [-0.4, -0.2) is 94.6 Å². The van der Waals surface area contributed by atoms with Gasteiger partial charge in [0.15, 0.2) is 0 Å². The predicted molar refractivity (Wildman–Crippen MR) is 155 cm³/mol. The number of nitrogens with zero attached hydrogens (tertiary/aromatic N) is 3. The van der Waals surface area contributed by atoms with E-state index in [0.717, 1.165) is 12.8 Å². The van der Waals surface area contributed by atoms with Gasteiger partial charge in [-0.25, -0.2) is 14.6 Å². The van der Waals surface area contributed by atoms with Gasteiger partial charge in [-0.15, -0.1) is 0 Å². The van der Waals surface area contributed by atoms with E-state index in [4.69, 9.17) is 9.47 Å². The van der Waals surface area contributed by atoms with Crippen LogP contribution in [0.25, 0.3) is 0 Å². The summed E-state index contributed by atoms with van der Waals surface area (Å²) < 4.78 is 10.8. The topological polar surface area (TPSA) is 145 Å². The molecule has 0 spiro atoms. The summed E-state index contributed by atoms with van der Waals surface area (Å²) in [6.45, 7) is 11.6. The van der Waals surface area contributed by atoms with E-state index in [2.05, 4.69) is 33.2 Å². The highest BCUT2D eigenvalue weighted by Gasteiger charge is 2.45. The Bertz CT molecular complexity index is 1080. The second-order valence-electron chi connectivity index (χ2n) is 12.3. The first-order valence-electron chi connectivity index (χ1n) is 14.2. The standard InChI is InChI=1S/C29H46N6O6/c1-27(2,3)41-25(38)33-28(4,5)24(37)32-23(14-10-13-21-11-8-7-9-12-21)29(6)30-20-31-35(29)17-18-40-26(39)34-16-15-22(36)19-34/h7-9,11-12,20,22-23,36H,10,13-19H2,1-6H3,(H,30,31)(H,32,37)(H,33,38)/t22-,23?,29?/m1/s1. The lowest BCUT2D eigenvalue weighted by Crippen LogP contribution is -2.64. The zero-order chi connectivity index (χ0) is 30.3. The number of amides is 3. The summed E-state index contributed by atoms with van der Waals surface area (Å²) in [5.74, 6) is -0.379. The molecule has 2 aliphatic heterocycles. The van der Waals surface area contributed by atoms with Gasteiger partial charge in [0.05, 0.1) is 25.0 Å². The molecule has 4 N–H and O–H groups in total. The smallest absolute Gasteiger partial charge is 0.409 e. The van der Waals surface area contributed by atoms with Gasteiger partial charge < -0.3 is 35.5 Å². The molecule has 1 aromatic carbocycles. The minimum absolute atomic E-state index is 0.0910. The molecule has 3 amide bonds. The third-order valence-corrected chi connectivity index (χ3v) is 7.20. The molecule has 1 fully saturated rings. The number of aliphatic imine (C=N–C) groups is 1. The lowest BCUT2D eigenvalue weighted by molar-refractivity contribution is -0.128. The number of aliphatic hydroxyl groups excluding tert-OH is 1. The van der Waals surface area contributed by atoms with Gasteiger partial charge in [-0.05, 0) is 72.8 Å². The molecule has 0 aromatic heterocycles. The third-order valence-electron chi connectivity index (χ3n) is 7.20. The first kappa shape index (κ1) is 32.1. The lowest BCUT2D eigenvalue weighted by atomic mass is 9.93. The number of hydrogen-bond acceptors (Lipinski definition) is 9. The van der Waals surface area contributed by atoms with Crippen molar-refractivity contribution < 1.29 is 29.0 Å². The Labute approximate surface area is 242 Å². The molecule has 12 nitrogen and oxygen atoms in total. The SMILES string of the molecule is CC(C)(C)OC(=O)NC(C)(C)C(=O)NC(CCCc1ccccc1)C1(C)N=CNN1CCOC(=O)N1CC[C@@H](O)C1. The highest BCUT2D eigenvalue weighted by atomic mass is 16.6. The molecule has 41 heavy (non-hydrogen) atoms. The lowest BCUT2D eigenvalue weighted by Gasteiger charge is -2.40. The second kappa shape index (κ2) is 13.5. The summed E-state index contributed by atoms with van der Waals surface area (Å²) in [6.07, 6.45) is 2.64. The molecule has 2 aliphatic rings. The number of aryl methyl sites for hydroxylation is 1. The molecule has 0 bridgehead atoms. The number of hydrazine groups is 1. The van der Waals surface area contributed by atoms with Gasteiger partial charge in [-0.1, -0.05) is 30.3 Å². The molecular weight excluding hydrogens is 528 g/mol. The Hall–Kier alpha value is -3.38. The van der Waals surface area contributed by atoms with E-state index >= 15 is 0 Å². The summed E-state index contributed by atoms with van der Waals surface area (Å²) in [4.78, 5) is 44.5. The largest absolute Gasteiger partial charge is 0.448 e. The first-order chi connectivity index (χ1) is 19.2. The number of carbonyl (C=O) groups is 3. The van der Waals surface area contributed by atoms with Crippen molar-refractivity contribution in [2.24, 2.45) is 4.99 Å². The van der Waals surface area contributed by atoms with Crippen LogP contribution in [0.2, 0.25) is 0 Å². The summed E-state index contributed by atoms with van der Waals surface area (Å²) >= 11 is 0. The molecule has 1 saturated heterocycles. The van der Waals surface area contributed by atoms with Crippen molar-refractivity contribution in [3.63, 3.8) is 0 Å². The molecule has 3 rings (SSSR count). The van der Waals surface area contributed by atoms with Gasteiger partial charge in [-0.3, -0.25) is 4.79 Å². The van der Waals surface area contributed by atoms with E-state index in [1.807, 2.05) is 30.1 Å². The number of hydrogen-bond donors (Lipinski definition) is 4. The van der Waals surface area contributed by atoms with Crippen molar-refractivity contribution in [1.29, 1.82) is 0 Å². The maximum Gasteiger partial charge on any atom is 0.409 e. The number of alkyl carbamates (subject to hydrolysis) is 1. The number of benzene rings is 1. The summed E-state index contributed by atoms with van der Waals surface area (Å²) in [5.41, 5.74) is 1.45. The Balaban J connectivity index is 1.68. The predicted octanol–water partition coefficient (Wildman–Crippen LogP) is 2.57. The van der Waals surface area contributed by atoms with E-state index in [1.165, 1.54) is 10.5 Å². The van der Waals surface area contributed by atoms with E-state index in [0.29, 0.717) is 25.9 Å². The monoisotopic (exact) mass is 574 g/mol. The van der Waals surface area contributed by atoms with Gasteiger partial charge >= 0.3 is 12.2 Å². The van der Waals surface area contributed by atoms with Crippen LogP contribution in [0.4, 0.5) is 9.59 Å². The van der Waals surface area contributed by atoms with Crippen molar-refractivity contribution in [1.82, 2.24) is 26.0 Å². The molecule has 228 valence electrons. The minimum atomic E-state index is -1.26. The quantitative estimate of drug-likeness (QED) is 0.316. The van der Waals surface area contributed by atoms with E-state index < -0.39 is 41.1 Å². The third kappa shape index (κ3) is 9.32. The van der Waals surface area contributed by atoms with Crippen LogP contribution in [0.3, 0.4) is 0 Å². The summed E-state index contributed by atoms with van der Waals surface area (Å²) in [7, 11) is 0. The Morgan fingerprint density at radius 1 is 1.20 bits per heavy atom. The number of carbonyl (C=O) groups excluding carboxylic acids is 3. The fourth-order valence-electron chi connectivity index (χ4n) is 4.81. The number of rotatable bonds is 11.